The maximum absolute atomic E-state index is 13.0. The molecule has 0 aromatic heterocycles. The minimum atomic E-state index is -0.110. The molecule has 4 nitrogen and oxygen atoms in total. The van der Waals surface area contributed by atoms with Gasteiger partial charge >= 0.3 is 0 Å². The summed E-state index contributed by atoms with van der Waals surface area (Å²) in [5.41, 5.74) is 2.17. The number of phenols is 2. The van der Waals surface area contributed by atoms with Gasteiger partial charge in [0, 0.05) is 41.8 Å². The highest BCUT2D eigenvalue weighted by Crippen LogP contribution is 2.30. The quantitative estimate of drug-likeness (QED) is 0.197. The number of hydrogen-bond donors (Lipinski definition) is 2. The third-order valence-corrected chi connectivity index (χ3v) is 7.82. The van der Waals surface area contributed by atoms with Gasteiger partial charge in [-0.1, -0.05) is 47.8 Å². The molecule has 0 aliphatic heterocycles. The Kier molecular flexibility index (Phi) is 7.63. The minimum Gasteiger partial charge on any atom is -0.508 e. The summed E-state index contributed by atoms with van der Waals surface area (Å²) in [5.74, 6) is 0.227. The lowest BCUT2D eigenvalue weighted by Gasteiger charge is -2.07. The molecule has 38 heavy (non-hydrogen) atoms. The van der Waals surface area contributed by atoms with Crippen molar-refractivity contribution < 1.29 is 19.8 Å². The van der Waals surface area contributed by atoms with Crippen LogP contribution < -0.4 is 0 Å². The molecule has 5 rings (SSSR count). The van der Waals surface area contributed by atoms with Crippen LogP contribution in [0.3, 0.4) is 0 Å². The van der Waals surface area contributed by atoms with Crippen LogP contribution in [0.2, 0.25) is 0 Å². The summed E-state index contributed by atoms with van der Waals surface area (Å²) in [6.45, 7) is 0. The summed E-state index contributed by atoms with van der Waals surface area (Å²) in [4.78, 5) is 29.9. The molecule has 0 bridgehead atoms. The van der Waals surface area contributed by atoms with Crippen LogP contribution in [-0.2, 0) is 0 Å². The Morgan fingerprint density at radius 2 is 0.579 bits per heavy atom. The van der Waals surface area contributed by atoms with Crippen LogP contribution in [0.15, 0.2) is 141 Å². The molecule has 0 radical (unpaired) electrons. The summed E-state index contributed by atoms with van der Waals surface area (Å²) >= 11 is 3.09. The van der Waals surface area contributed by atoms with Crippen LogP contribution in [-0.4, -0.2) is 21.8 Å². The molecule has 0 heterocycles. The fourth-order valence-electron chi connectivity index (χ4n) is 3.76. The zero-order chi connectivity index (χ0) is 26.5. The first-order chi connectivity index (χ1) is 18.4. The van der Waals surface area contributed by atoms with Crippen molar-refractivity contribution in [2.45, 2.75) is 19.6 Å². The number of ketones is 2. The first-order valence-electron chi connectivity index (χ1n) is 11.8. The Labute approximate surface area is 229 Å². The number of phenolic OH excluding ortho intramolecular Hbond substituents is 2. The smallest absolute Gasteiger partial charge is 0.193 e. The van der Waals surface area contributed by atoms with Crippen molar-refractivity contribution in [3.63, 3.8) is 0 Å². The zero-order valence-corrected chi connectivity index (χ0v) is 21.7. The second-order valence-corrected chi connectivity index (χ2v) is 10.8. The van der Waals surface area contributed by atoms with E-state index in [1.807, 2.05) is 48.5 Å². The molecular formula is C32H22O4S2. The van der Waals surface area contributed by atoms with Gasteiger partial charge in [-0.3, -0.25) is 9.59 Å². The van der Waals surface area contributed by atoms with Crippen molar-refractivity contribution in [3.8, 4) is 11.5 Å². The van der Waals surface area contributed by atoms with Crippen molar-refractivity contribution in [2.75, 3.05) is 0 Å². The highest BCUT2D eigenvalue weighted by Gasteiger charge is 2.13. The van der Waals surface area contributed by atoms with E-state index in [2.05, 4.69) is 0 Å². The number of rotatable bonds is 8. The van der Waals surface area contributed by atoms with Crippen molar-refractivity contribution in [2.24, 2.45) is 0 Å². The average Bonchev–Trinajstić information content (AvgIpc) is 2.96. The van der Waals surface area contributed by atoms with Crippen molar-refractivity contribution in [3.05, 3.63) is 144 Å². The minimum absolute atomic E-state index is 0.110. The highest BCUT2D eigenvalue weighted by atomic mass is 32.2. The summed E-state index contributed by atoms with van der Waals surface area (Å²) in [5, 5.41) is 18.8. The maximum Gasteiger partial charge on any atom is 0.193 e. The molecule has 186 valence electrons. The molecule has 5 aromatic carbocycles. The van der Waals surface area contributed by atoms with Gasteiger partial charge in [0.1, 0.15) is 11.5 Å². The second kappa shape index (κ2) is 11.4. The van der Waals surface area contributed by atoms with Gasteiger partial charge in [-0.25, -0.2) is 0 Å². The average molecular weight is 535 g/mol. The van der Waals surface area contributed by atoms with E-state index in [0.29, 0.717) is 22.3 Å². The molecule has 0 saturated carbocycles. The molecule has 0 aliphatic carbocycles. The molecule has 0 fully saturated rings. The van der Waals surface area contributed by atoms with Gasteiger partial charge in [0.2, 0.25) is 0 Å². The Bertz CT molecular complexity index is 1440. The Hall–Kier alpha value is -4.26. The topological polar surface area (TPSA) is 74.6 Å². The molecule has 0 spiro atoms. The van der Waals surface area contributed by atoms with Gasteiger partial charge in [0.05, 0.1) is 0 Å². The summed E-state index contributed by atoms with van der Waals surface area (Å²) < 4.78 is 0. The number of aromatic hydroxyl groups is 2. The molecule has 2 N–H and O–H groups in total. The Morgan fingerprint density at radius 3 is 0.842 bits per heavy atom. The van der Waals surface area contributed by atoms with E-state index in [-0.39, 0.29) is 23.1 Å². The fraction of sp³-hybridized carbons (Fsp3) is 0. The molecule has 0 aliphatic rings. The summed E-state index contributed by atoms with van der Waals surface area (Å²) in [7, 11) is 0. The SMILES string of the molecule is O=C(c1ccc(Sc2ccc(O)cc2)cc1)c1ccc(C(=O)c2ccc(Sc3ccc(O)cc3)cc2)cc1. The number of benzene rings is 5. The van der Waals surface area contributed by atoms with Gasteiger partial charge in [0.25, 0.3) is 0 Å². The molecule has 0 atom stereocenters. The maximum atomic E-state index is 13.0. The molecule has 0 saturated heterocycles. The van der Waals surface area contributed by atoms with E-state index in [9.17, 15) is 19.8 Å². The van der Waals surface area contributed by atoms with E-state index < -0.39 is 0 Å². The molecular weight excluding hydrogens is 512 g/mol. The van der Waals surface area contributed by atoms with E-state index in [1.165, 1.54) is 0 Å². The van der Waals surface area contributed by atoms with E-state index >= 15 is 0 Å². The third kappa shape index (κ3) is 6.17. The zero-order valence-electron chi connectivity index (χ0n) is 20.1. The van der Waals surface area contributed by atoms with Gasteiger partial charge in [0.15, 0.2) is 11.6 Å². The van der Waals surface area contributed by atoms with Crippen LogP contribution in [0, 0.1) is 0 Å². The molecule has 5 aromatic rings. The van der Waals surface area contributed by atoms with Crippen molar-refractivity contribution >= 4 is 35.1 Å². The Morgan fingerprint density at radius 1 is 0.368 bits per heavy atom. The van der Waals surface area contributed by atoms with Crippen LogP contribution >= 0.6 is 23.5 Å². The first kappa shape index (κ1) is 25.4. The van der Waals surface area contributed by atoms with Crippen LogP contribution in [0.1, 0.15) is 31.8 Å². The third-order valence-electron chi connectivity index (χ3n) is 5.79. The van der Waals surface area contributed by atoms with Gasteiger partial charge in [-0.05, 0) is 97.1 Å². The van der Waals surface area contributed by atoms with Gasteiger partial charge < -0.3 is 10.2 Å². The fourth-order valence-corrected chi connectivity index (χ4v) is 5.39. The van der Waals surface area contributed by atoms with E-state index in [4.69, 9.17) is 0 Å². The predicted octanol–water partition coefficient (Wildman–Crippen LogP) is 7.86. The summed E-state index contributed by atoms with van der Waals surface area (Å²) in [6, 6.07) is 35.4. The predicted molar refractivity (Wildman–Crippen MR) is 151 cm³/mol. The lowest BCUT2D eigenvalue weighted by Crippen LogP contribution is -2.04. The van der Waals surface area contributed by atoms with Gasteiger partial charge in [-0.15, -0.1) is 0 Å². The number of carbonyl (C=O) groups is 2. The summed E-state index contributed by atoms with van der Waals surface area (Å²) in [6.07, 6.45) is 0. The monoisotopic (exact) mass is 534 g/mol. The standard InChI is InChI=1S/C32H22O4S2/c33-25-9-17-29(18-10-25)37-27-13-5-23(6-14-27)31(35)21-1-2-22(4-3-21)32(36)24-7-15-28(16-8-24)38-30-19-11-26(34)12-20-30/h1-20,33-34H. The lowest BCUT2D eigenvalue weighted by molar-refractivity contribution is 0.102. The number of hydrogen-bond acceptors (Lipinski definition) is 6. The van der Waals surface area contributed by atoms with Gasteiger partial charge in [-0.2, -0.15) is 0 Å². The van der Waals surface area contributed by atoms with E-state index in [1.54, 1.807) is 96.3 Å². The van der Waals surface area contributed by atoms with E-state index in [0.717, 1.165) is 19.6 Å². The molecule has 0 unspecified atom stereocenters. The second-order valence-electron chi connectivity index (χ2n) is 8.48. The largest absolute Gasteiger partial charge is 0.508 e. The van der Waals surface area contributed by atoms with Crippen LogP contribution in [0.5, 0.6) is 11.5 Å². The van der Waals surface area contributed by atoms with Crippen molar-refractivity contribution in [1.82, 2.24) is 0 Å². The Balaban J connectivity index is 1.22. The first-order valence-corrected chi connectivity index (χ1v) is 13.4. The molecule has 0 amide bonds. The van der Waals surface area contributed by atoms with Crippen LogP contribution in [0.25, 0.3) is 0 Å². The highest BCUT2D eigenvalue weighted by molar-refractivity contribution is 7.99. The van der Waals surface area contributed by atoms with Crippen LogP contribution in [0.4, 0.5) is 0 Å². The lowest BCUT2D eigenvalue weighted by atomic mass is 9.99. The van der Waals surface area contributed by atoms with Crippen molar-refractivity contribution in [1.29, 1.82) is 0 Å². The normalized spacial score (nSPS) is 10.7. The number of carbonyl (C=O) groups excluding carboxylic acids is 2. The molecule has 6 heteroatoms.